The molecule has 0 radical (unpaired) electrons. The van der Waals surface area contributed by atoms with Gasteiger partial charge in [0.1, 0.15) is 12.1 Å². The molecule has 4 N–H and O–H groups in total. The third-order valence-electron chi connectivity index (χ3n) is 14.0. The topological polar surface area (TPSA) is 169 Å². The molecule has 9 aliphatic rings. The van der Waals surface area contributed by atoms with E-state index in [1.807, 2.05) is 0 Å². The van der Waals surface area contributed by atoms with Crippen LogP contribution < -0.4 is 21.3 Å². The zero-order valence-corrected chi connectivity index (χ0v) is 29.9. The van der Waals surface area contributed by atoms with Gasteiger partial charge in [-0.05, 0) is 139 Å². The molecule has 0 aromatic carbocycles. The average Bonchev–Trinajstić information content (AvgIpc) is 3.07. The maximum absolute atomic E-state index is 14.2. The fourth-order valence-electron chi connectivity index (χ4n) is 12.7. The van der Waals surface area contributed by atoms with Crippen molar-refractivity contribution in [3.05, 3.63) is 0 Å². The first-order valence-corrected chi connectivity index (χ1v) is 19.3. The summed E-state index contributed by atoms with van der Waals surface area (Å²) in [5, 5.41) is 12.5. The van der Waals surface area contributed by atoms with Crippen LogP contribution in [-0.4, -0.2) is 75.0 Å². The van der Waals surface area contributed by atoms with Gasteiger partial charge in [0.15, 0.2) is 0 Å². The van der Waals surface area contributed by atoms with Crippen LogP contribution >= 0.6 is 0 Å². The van der Waals surface area contributed by atoms with Crippen molar-refractivity contribution in [1.82, 2.24) is 21.3 Å². The van der Waals surface area contributed by atoms with Gasteiger partial charge in [-0.25, -0.2) is 9.59 Å². The molecule has 12 heteroatoms. The molecule has 4 spiro atoms. The number of methoxy groups -OCH3 is 2. The first kappa shape index (κ1) is 35.2. The maximum atomic E-state index is 14.2. The van der Waals surface area contributed by atoms with Gasteiger partial charge >= 0.3 is 11.9 Å². The molecular formula is C38H56N4O8. The Hall–Kier alpha value is -3.18. The van der Waals surface area contributed by atoms with E-state index in [4.69, 9.17) is 9.47 Å². The summed E-state index contributed by atoms with van der Waals surface area (Å²) in [6, 6.07) is -1.64. The predicted molar refractivity (Wildman–Crippen MR) is 181 cm³/mol. The summed E-state index contributed by atoms with van der Waals surface area (Å²) in [6.07, 6.45) is 12.3. The number of rotatable bonds is 2. The molecule has 1 saturated heterocycles. The Balaban J connectivity index is 1.11. The SMILES string of the molecule is COC(=O)C1CCCCNC(=O)C23CC4CC(C2)CC(C4)(C3)C(=O)NCCCC[C@H](C(=O)OC)NC(=O)C23CC4CC(CC(C4)(C2)C(=O)N1)C3. The second-order valence-electron chi connectivity index (χ2n) is 17.6. The molecule has 8 bridgehead atoms. The third-order valence-corrected chi connectivity index (χ3v) is 14.0. The summed E-state index contributed by atoms with van der Waals surface area (Å²) >= 11 is 0. The smallest absolute Gasteiger partial charge is 0.328 e. The fraction of sp³-hybridized carbons (Fsp3) is 0.842. The van der Waals surface area contributed by atoms with Gasteiger partial charge in [-0.3, -0.25) is 19.2 Å². The lowest BCUT2D eigenvalue weighted by molar-refractivity contribution is -0.170. The van der Waals surface area contributed by atoms with Crippen LogP contribution in [0.3, 0.4) is 0 Å². The number of carbonyl (C=O) groups excluding carboxylic acids is 6. The van der Waals surface area contributed by atoms with Crippen LogP contribution in [0.2, 0.25) is 0 Å². The van der Waals surface area contributed by atoms with Gasteiger partial charge in [-0.15, -0.1) is 0 Å². The van der Waals surface area contributed by atoms with E-state index in [1.165, 1.54) is 14.2 Å². The number of hydrogen-bond donors (Lipinski definition) is 4. The van der Waals surface area contributed by atoms with Crippen molar-refractivity contribution < 1.29 is 38.2 Å². The number of ether oxygens (including phenoxy) is 2. The van der Waals surface area contributed by atoms with E-state index in [0.717, 1.165) is 38.5 Å². The second-order valence-corrected chi connectivity index (χ2v) is 17.6. The Morgan fingerprint density at radius 2 is 0.840 bits per heavy atom. The number of amides is 4. The first-order chi connectivity index (χ1) is 23.9. The van der Waals surface area contributed by atoms with E-state index < -0.39 is 45.7 Å². The number of nitrogens with one attached hydrogen (secondary N) is 4. The first-order valence-electron chi connectivity index (χ1n) is 19.3. The van der Waals surface area contributed by atoms with Gasteiger partial charge in [0.05, 0.1) is 35.9 Å². The standard InChI is InChI=1S/C38H56N4O8/c1-49-29(43)27-7-3-5-9-39-31(45)35-13-23-11-24(14-35)16-36(15-23,21-35)32(46)40-10-6-4-8-28(30(44)50-2)42-34(48)38-19-25-12-26(20-38)18-37(17-25,22-38)33(47)41-27/h23-28H,3-22H2,1-2H3,(H,39,45)(H,40,46)(H,41,47)(H,42,48)/t23?,24?,25?,26?,27-,28?,35?,36?,37?,38?/m1/s1. The Bertz CT molecular complexity index is 1290. The summed E-state index contributed by atoms with van der Waals surface area (Å²) in [7, 11) is 2.64. The number of hydrogen-bond acceptors (Lipinski definition) is 8. The van der Waals surface area contributed by atoms with Crippen molar-refractivity contribution in [2.75, 3.05) is 27.3 Å². The second kappa shape index (κ2) is 13.4. The molecule has 8 aliphatic carbocycles. The summed E-state index contributed by atoms with van der Waals surface area (Å²) in [5.74, 6) is -0.129. The normalized spacial score (nSPS) is 43.5. The minimum atomic E-state index is -0.822. The van der Waals surface area contributed by atoms with Crippen molar-refractivity contribution in [3.8, 4) is 0 Å². The lowest BCUT2D eigenvalue weighted by atomic mass is 9.43. The van der Waals surface area contributed by atoms with Crippen LogP contribution in [0.4, 0.5) is 0 Å². The lowest BCUT2D eigenvalue weighted by Gasteiger charge is -2.60. The maximum Gasteiger partial charge on any atom is 0.328 e. The highest BCUT2D eigenvalue weighted by Crippen LogP contribution is 2.66. The molecular weight excluding hydrogens is 640 g/mol. The number of carbonyl (C=O) groups is 6. The summed E-state index contributed by atoms with van der Waals surface area (Å²) < 4.78 is 10.2. The molecule has 1 heterocycles. The highest BCUT2D eigenvalue weighted by molar-refractivity contribution is 5.92. The van der Waals surface area contributed by atoms with E-state index >= 15 is 0 Å². The van der Waals surface area contributed by atoms with E-state index in [1.54, 1.807) is 0 Å². The molecule has 50 heavy (non-hydrogen) atoms. The largest absolute Gasteiger partial charge is 0.467 e. The zero-order chi connectivity index (χ0) is 35.3. The van der Waals surface area contributed by atoms with Gasteiger partial charge in [-0.1, -0.05) is 0 Å². The van der Waals surface area contributed by atoms with Crippen LogP contribution in [0.1, 0.15) is 116 Å². The number of esters is 2. The van der Waals surface area contributed by atoms with Gasteiger partial charge in [0.2, 0.25) is 23.6 Å². The van der Waals surface area contributed by atoms with E-state index in [-0.39, 0.29) is 35.5 Å². The molecule has 6 atom stereocenters. The monoisotopic (exact) mass is 696 g/mol. The minimum Gasteiger partial charge on any atom is -0.467 e. The van der Waals surface area contributed by atoms with Crippen molar-refractivity contribution in [1.29, 1.82) is 0 Å². The molecule has 0 aromatic heterocycles. The van der Waals surface area contributed by atoms with Crippen LogP contribution in [0.15, 0.2) is 0 Å². The molecule has 9 rings (SSSR count). The molecule has 0 aromatic rings. The van der Waals surface area contributed by atoms with Crippen LogP contribution in [0.5, 0.6) is 0 Å². The minimum absolute atomic E-state index is 0.0442. The Morgan fingerprint density at radius 3 is 1.16 bits per heavy atom. The Kier molecular flexibility index (Phi) is 9.46. The van der Waals surface area contributed by atoms with E-state index in [0.29, 0.717) is 102 Å². The molecule has 4 amide bonds. The molecule has 1 aliphatic heterocycles. The Labute approximate surface area is 295 Å². The highest BCUT2D eigenvalue weighted by atomic mass is 16.5. The zero-order valence-electron chi connectivity index (χ0n) is 29.9. The van der Waals surface area contributed by atoms with E-state index in [9.17, 15) is 28.8 Å². The lowest BCUT2D eigenvalue weighted by Crippen LogP contribution is -2.63. The third kappa shape index (κ3) is 6.31. The summed E-state index contributed by atoms with van der Waals surface area (Å²) in [5.41, 5.74) is -2.58. The fourth-order valence-corrected chi connectivity index (χ4v) is 12.7. The molecule has 5 unspecified atom stereocenters. The predicted octanol–water partition coefficient (Wildman–Crippen LogP) is 3.06. The molecule has 8 saturated carbocycles. The summed E-state index contributed by atoms with van der Waals surface area (Å²) in [6.45, 7) is 0.933. The van der Waals surface area contributed by atoms with Gasteiger partial charge in [0, 0.05) is 13.1 Å². The highest BCUT2D eigenvalue weighted by Gasteiger charge is 2.64. The Morgan fingerprint density at radius 1 is 0.520 bits per heavy atom. The summed E-state index contributed by atoms with van der Waals surface area (Å²) in [4.78, 5) is 81.8. The molecule has 12 nitrogen and oxygen atoms in total. The van der Waals surface area contributed by atoms with Gasteiger partial charge < -0.3 is 30.7 Å². The van der Waals surface area contributed by atoms with Crippen LogP contribution in [0.25, 0.3) is 0 Å². The van der Waals surface area contributed by atoms with Crippen molar-refractivity contribution in [2.24, 2.45) is 45.3 Å². The van der Waals surface area contributed by atoms with Gasteiger partial charge in [0.25, 0.3) is 0 Å². The average molecular weight is 697 g/mol. The van der Waals surface area contributed by atoms with E-state index in [2.05, 4.69) is 21.3 Å². The molecule has 9 fully saturated rings. The quantitative estimate of drug-likeness (QED) is 0.320. The molecule has 276 valence electrons. The van der Waals surface area contributed by atoms with Crippen LogP contribution in [-0.2, 0) is 38.2 Å². The van der Waals surface area contributed by atoms with Gasteiger partial charge in [-0.2, -0.15) is 0 Å². The van der Waals surface area contributed by atoms with Crippen molar-refractivity contribution >= 4 is 35.6 Å². The van der Waals surface area contributed by atoms with Crippen molar-refractivity contribution in [3.63, 3.8) is 0 Å². The van der Waals surface area contributed by atoms with Crippen molar-refractivity contribution in [2.45, 2.75) is 128 Å². The van der Waals surface area contributed by atoms with Crippen LogP contribution in [0, 0.1) is 45.3 Å².